The number of halogens is 1. The summed E-state index contributed by atoms with van der Waals surface area (Å²) in [4.78, 5) is 23.6. The minimum atomic E-state index is -1.04. The normalized spacial score (nSPS) is 22.7. The molecule has 1 aromatic carbocycles. The van der Waals surface area contributed by atoms with Crippen molar-refractivity contribution < 1.29 is 14.3 Å². The van der Waals surface area contributed by atoms with Crippen molar-refractivity contribution in [2.45, 2.75) is 51.8 Å². The summed E-state index contributed by atoms with van der Waals surface area (Å²) >= 11 is 6.75. The van der Waals surface area contributed by atoms with Crippen molar-refractivity contribution in [1.29, 1.82) is 0 Å². The van der Waals surface area contributed by atoms with E-state index in [1.807, 2.05) is 39.0 Å². The third-order valence-electron chi connectivity index (χ3n) is 5.80. The molecule has 9 nitrogen and oxygen atoms in total. The fourth-order valence-electron chi connectivity index (χ4n) is 4.16. The summed E-state index contributed by atoms with van der Waals surface area (Å²) in [5.41, 5.74) is 7.27. The zero-order chi connectivity index (χ0) is 23.8. The fraction of sp³-hybridized carbons (Fsp3) is 0.522. The molecule has 33 heavy (non-hydrogen) atoms. The molecule has 0 spiro atoms. The van der Waals surface area contributed by atoms with Gasteiger partial charge in [-0.3, -0.25) is 4.79 Å². The van der Waals surface area contributed by atoms with E-state index in [0.717, 1.165) is 35.7 Å². The molecule has 0 aliphatic carbocycles. The number of ether oxygens (including phenoxy) is 2. The Morgan fingerprint density at radius 2 is 2.15 bits per heavy atom. The second-order valence-corrected chi connectivity index (χ2v) is 9.46. The quantitative estimate of drug-likeness (QED) is 0.619. The molecule has 2 aromatic rings. The van der Waals surface area contributed by atoms with Crippen LogP contribution in [0.2, 0.25) is 5.02 Å². The third-order valence-corrected chi connectivity index (χ3v) is 6.13. The molecule has 3 heterocycles. The van der Waals surface area contributed by atoms with Crippen LogP contribution < -0.4 is 26.0 Å². The van der Waals surface area contributed by atoms with Crippen molar-refractivity contribution in [3.8, 4) is 5.75 Å². The number of fused-ring (bicyclic) bond motifs is 1. The molecular weight excluding hydrogens is 444 g/mol. The fourth-order valence-corrected chi connectivity index (χ4v) is 4.45. The highest BCUT2D eigenvalue weighted by Crippen LogP contribution is 2.41. The van der Waals surface area contributed by atoms with Crippen LogP contribution >= 0.6 is 11.6 Å². The molecule has 0 radical (unpaired) electrons. The van der Waals surface area contributed by atoms with Crippen molar-refractivity contribution in [1.82, 2.24) is 15.3 Å². The number of nitrogen functional groups attached to an aromatic ring is 1. The Morgan fingerprint density at radius 1 is 1.36 bits per heavy atom. The number of carbonyl (C=O) groups excluding carboxylic acids is 1. The van der Waals surface area contributed by atoms with Gasteiger partial charge in [0.2, 0.25) is 11.5 Å². The molecule has 10 heteroatoms. The monoisotopic (exact) mass is 474 g/mol. The van der Waals surface area contributed by atoms with Crippen LogP contribution in [0.3, 0.4) is 0 Å². The number of amides is 1. The third kappa shape index (κ3) is 4.94. The molecule has 1 fully saturated rings. The van der Waals surface area contributed by atoms with Crippen LogP contribution in [0.4, 0.5) is 17.5 Å². The van der Waals surface area contributed by atoms with Gasteiger partial charge < -0.3 is 30.7 Å². The van der Waals surface area contributed by atoms with E-state index in [9.17, 15) is 4.79 Å². The van der Waals surface area contributed by atoms with E-state index >= 15 is 0 Å². The number of nitrogens with zero attached hydrogens (tertiary/aromatic N) is 3. The molecule has 178 valence electrons. The zero-order valence-electron chi connectivity index (χ0n) is 19.4. The van der Waals surface area contributed by atoms with Gasteiger partial charge in [0.25, 0.3) is 5.91 Å². The van der Waals surface area contributed by atoms with Crippen molar-refractivity contribution in [3.05, 3.63) is 34.5 Å². The van der Waals surface area contributed by atoms with E-state index in [4.69, 9.17) is 26.8 Å². The Hall–Kier alpha value is -2.78. The van der Waals surface area contributed by atoms with Crippen molar-refractivity contribution in [3.63, 3.8) is 0 Å². The van der Waals surface area contributed by atoms with Gasteiger partial charge in [-0.15, -0.1) is 0 Å². The highest BCUT2D eigenvalue weighted by Gasteiger charge is 2.40. The number of nitrogens with two attached hydrogens (primary N) is 1. The second-order valence-electron chi connectivity index (χ2n) is 9.05. The van der Waals surface area contributed by atoms with Crippen LogP contribution in [-0.4, -0.2) is 53.8 Å². The summed E-state index contributed by atoms with van der Waals surface area (Å²) in [7, 11) is 0. The number of rotatable bonds is 4. The summed E-state index contributed by atoms with van der Waals surface area (Å²) < 4.78 is 12.1. The summed E-state index contributed by atoms with van der Waals surface area (Å²) in [6.45, 7) is 9.65. The van der Waals surface area contributed by atoms with Gasteiger partial charge in [-0.05, 0) is 51.8 Å². The zero-order valence-corrected chi connectivity index (χ0v) is 20.2. The van der Waals surface area contributed by atoms with Crippen LogP contribution in [0, 0.1) is 6.92 Å². The Kier molecular flexibility index (Phi) is 6.54. The Bertz CT molecular complexity index is 1030. The topological polar surface area (TPSA) is 115 Å². The summed E-state index contributed by atoms with van der Waals surface area (Å²) in [6, 6.07) is 5.45. The minimum Gasteiger partial charge on any atom is -0.474 e. The first-order valence-electron chi connectivity index (χ1n) is 11.2. The Balaban J connectivity index is 1.70. The van der Waals surface area contributed by atoms with Crippen molar-refractivity contribution >= 4 is 35.0 Å². The van der Waals surface area contributed by atoms with Crippen LogP contribution in [-0.2, 0) is 9.53 Å². The van der Waals surface area contributed by atoms with E-state index in [0.29, 0.717) is 30.5 Å². The largest absolute Gasteiger partial charge is 0.474 e. The van der Waals surface area contributed by atoms with Crippen LogP contribution in [0.25, 0.3) is 0 Å². The number of aryl methyl sites for hydroxylation is 1. The predicted octanol–water partition coefficient (Wildman–Crippen LogP) is 3.08. The van der Waals surface area contributed by atoms with Gasteiger partial charge in [0.15, 0.2) is 0 Å². The number of anilines is 3. The number of carbonyl (C=O) groups is 1. The van der Waals surface area contributed by atoms with Gasteiger partial charge in [0.1, 0.15) is 11.6 Å². The second kappa shape index (κ2) is 9.23. The number of benzene rings is 1. The van der Waals surface area contributed by atoms with E-state index in [1.54, 1.807) is 6.92 Å². The van der Waals surface area contributed by atoms with Gasteiger partial charge in [-0.2, -0.15) is 4.98 Å². The minimum absolute atomic E-state index is 0.0144. The first kappa shape index (κ1) is 23.4. The lowest BCUT2D eigenvalue weighted by Gasteiger charge is -2.37. The molecule has 1 unspecified atom stereocenters. The first-order chi connectivity index (χ1) is 15.7. The van der Waals surface area contributed by atoms with Crippen molar-refractivity contribution in [2.24, 2.45) is 0 Å². The predicted molar refractivity (Wildman–Crippen MR) is 129 cm³/mol. The highest BCUT2D eigenvalue weighted by atomic mass is 35.5. The van der Waals surface area contributed by atoms with Crippen LogP contribution in [0.5, 0.6) is 5.75 Å². The highest BCUT2D eigenvalue weighted by molar-refractivity contribution is 6.31. The SMILES string of the molecule is Cc1cc(N2CCCOCC2c2cc3c(cc2Cl)NC[C@@](C)(C(=O)NC(C)C)O3)nc(N)n1. The van der Waals surface area contributed by atoms with Gasteiger partial charge >= 0.3 is 0 Å². The lowest BCUT2D eigenvalue weighted by Crippen LogP contribution is -2.56. The maximum absolute atomic E-state index is 12.8. The molecule has 1 aromatic heterocycles. The van der Waals surface area contributed by atoms with E-state index in [2.05, 4.69) is 25.5 Å². The number of hydrogen-bond donors (Lipinski definition) is 3. The van der Waals surface area contributed by atoms with E-state index in [1.165, 1.54) is 0 Å². The molecule has 4 rings (SSSR count). The number of aromatic nitrogens is 2. The van der Waals surface area contributed by atoms with Gasteiger partial charge in [0.05, 0.1) is 24.9 Å². The van der Waals surface area contributed by atoms with E-state index in [-0.39, 0.29) is 23.9 Å². The van der Waals surface area contributed by atoms with E-state index < -0.39 is 5.60 Å². The van der Waals surface area contributed by atoms with Gasteiger partial charge in [0, 0.05) is 36.0 Å². The summed E-state index contributed by atoms with van der Waals surface area (Å²) in [5, 5.41) is 6.82. The average molecular weight is 475 g/mol. The number of hydrogen-bond acceptors (Lipinski definition) is 8. The van der Waals surface area contributed by atoms with Crippen LogP contribution in [0.15, 0.2) is 18.2 Å². The maximum atomic E-state index is 12.8. The van der Waals surface area contributed by atoms with Gasteiger partial charge in [-0.1, -0.05) is 11.6 Å². The molecule has 1 amide bonds. The lowest BCUT2D eigenvalue weighted by atomic mass is 9.99. The summed E-state index contributed by atoms with van der Waals surface area (Å²) in [5.74, 6) is 1.36. The first-order valence-corrected chi connectivity index (χ1v) is 11.6. The Morgan fingerprint density at radius 3 is 2.88 bits per heavy atom. The molecule has 4 N–H and O–H groups in total. The molecule has 2 aliphatic rings. The molecule has 0 saturated carbocycles. The van der Waals surface area contributed by atoms with Crippen LogP contribution in [0.1, 0.15) is 44.5 Å². The van der Waals surface area contributed by atoms with Crippen molar-refractivity contribution in [2.75, 3.05) is 42.3 Å². The molecular formula is C23H31ClN6O3. The lowest BCUT2D eigenvalue weighted by molar-refractivity contribution is -0.135. The molecule has 0 bridgehead atoms. The summed E-state index contributed by atoms with van der Waals surface area (Å²) in [6.07, 6.45) is 0.841. The molecule has 2 atom stereocenters. The maximum Gasteiger partial charge on any atom is 0.265 e. The Labute approximate surface area is 199 Å². The molecule has 2 aliphatic heterocycles. The van der Waals surface area contributed by atoms with Gasteiger partial charge in [-0.25, -0.2) is 4.98 Å². The number of nitrogens with one attached hydrogen (secondary N) is 2. The standard InChI is InChI=1S/C23H31ClN6O3/c1-13(2)27-21(31)23(4)12-26-17-10-16(24)15(9-19(17)33-23)18-11-32-7-5-6-30(18)20-8-14(3)28-22(25)29-20/h8-10,13,18,26H,5-7,11-12H2,1-4H3,(H,27,31)(H2,25,28,29)/t18?,23-/m0/s1. The smallest absolute Gasteiger partial charge is 0.265 e. The molecule has 1 saturated heterocycles. The average Bonchev–Trinajstić information content (AvgIpc) is 2.98.